The summed E-state index contributed by atoms with van der Waals surface area (Å²) in [7, 11) is 0. The van der Waals surface area contributed by atoms with Gasteiger partial charge in [-0.1, -0.05) is 25.1 Å². The Morgan fingerprint density at radius 1 is 0.967 bits per heavy atom. The minimum Gasteiger partial charge on any atom is -0.492 e. The summed E-state index contributed by atoms with van der Waals surface area (Å²) in [5, 5.41) is 4.19. The maximum Gasteiger partial charge on any atom is 0.137 e. The van der Waals surface area contributed by atoms with E-state index < -0.39 is 0 Å². The third-order valence-electron chi connectivity index (χ3n) is 6.35. The van der Waals surface area contributed by atoms with Crippen LogP contribution in [0, 0.1) is 5.92 Å². The second-order valence-electron chi connectivity index (χ2n) is 8.78. The zero-order valence-corrected chi connectivity index (χ0v) is 18.3. The summed E-state index contributed by atoms with van der Waals surface area (Å²) in [6, 6.07) is 8.56. The summed E-state index contributed by atoms with van der Waals surface area (Å²) in [4.78, 5) is 11.6. The van der Waals surface area contributed by atoms with Crippen molar-refractivity contribution in [3.63, 3.8) is 0 Å². The number of likely N-dealkylation sites (tertiary alicyclic amines) is 1. The highest BCUT2D eigenvalue weighted by atomic mass is 16.5. The van der Waals surface area contributed by atoms with Crippen LogP contribution in [0.5, 0.6) is 5.75 Å². The smallest absolute Gasteiger partial charge is 0.137 e. The largest absolute Gasteiger partial charge is 0.492 e. The van der Waals surface area contributed by atoms with E-state index in [2.05, 4.69) is 56.0 Å². The van der Waals surface area contributed by atoms with Crippen molar-refractivity contribution in [2.45, 2.75) is 32.9 Å². The minimum atomic E-state index is 0.778. The van der Waals surface area contributed by atoms with Crippen molar-refractivity contribution >= 4 is 0 Å². The number of benzene rings is 1. The van der Waals surface area contributed by atoms with Gasteiger partial charge in [-0.15, -0.1) is 0 Å². The quantitative estimate of drug-likeness (QED) is 0.629. The molecular weight excluding hydrogens is 376 g/mol. The molecule has 2 fully saturated rings. The molecule has 1 aromatic heterocycles. The summed E-state index contributed by atoms with van der Waals surface area (Å²) in [5.41, 5.74) is 1.31. The van der Waals surface area contributed by atoms with E-state index in [4.69, 9.17) is 4.74 Å². The molecule has 0 aliphatic carbocycles. The topological polar surface area (TPSA) is 49.7 Å². The molecule has 0 bridgehead atoms. The molecule has 3 heterocycles. The molecular formula is C23H36N6O. The van der Waals surface area contributed by atoms with Gasteiger partial charge in [0.15, 0.2) is 0 Å². The molecule has 2 aromatic rings. The number of piperidine rings is 1. The highest BCUT2D eigenvalue weighted by Crippen LogP contribution is 2.21. The maximum atomic E-state index is 6.22. The van der Waals surface area contributed by atoms with Gasteiger partial charge >= 0.3 is 0 Å². The number of aromatic nitrogens is 3. The van der Waals surface area contributed by atoms with Crippen LogP contribution in [0.4, 0.5) is 0 Å². The Kier molecular flexibility index (Phi) is 7.72. The van der Waals surface area contributed by atoms with Crippen molar-refractivity contribution in [1.82, 2.24) is 29.5 Å². The lowest BCUT2D eigenvalue weighted by atomic mass is 10.0. The summed E-state index contributed by atoms with van der Waals surface area (Å²) in [6.07, 6.45) is 6.08. The zero-order chi connectivity index (χ0) is 20.6. The molecule has 1 aromatic carbocycles. The van der Waals surface area contributed by atoms with E-state index in [0.29, 0.717) is 0 Å². The highest BCUT2D eigenvalue weighted by Gasteiger charge is 2.19. The van der Waals surface area contributed by atoms with Crippen LogP contribution >= 0.6 is 0 Å². The van der Waals surface area contributed by atoms with Gasteiger partial charge in [0.2, 0.25) is 0 Å². The number of hydrogen-bond donors (Lipinski definition) is 0. The normalized spacial score (nSPS) is 21.7. The van der Waals surface area contributed by atoms with Crippen LogP contribution in [-0.4, -0.2) is 88.4 Å². The molecule has 164 valence electrons. The molecule has 7 heteroatoms. The number of hydrogen-bond acceptors (Lipinski definition) is 6. The van der Waals surface area contributed by atoms with Crippen LogP contribution in [-0.2, 0) is 13.1 Å². The van der Waals surface area contributed by atoms with Gasteiger partial charge in [0.25, 0.3) is 0 Å². The Balaban J connectivity index is 1.20. The molecule has 0 radical (unpaired) electrons. The monoisotopic (exact) mass is 412 g/mol. The Labute approximate surface area is 180 Å². The molecule has 2 saturated heterocycles. The van der Waals surface area contributed by atoms with Gasteiger partial charge in [-0.05, 0) is 31.4 Å². The van der Waals surface area contributed by atoms with Gasteiger partial charge in [0.05, 0.1) is 6.54 Å². The maximum absolute atomic E-state index is 6.22. The fourth-order valence-corrected chi connectivity index (χ4v) is 4.55. The molecule has 2 aliphatic rings. The van der Waals surface area contributed by atoms with E-state index in [1.54, 1.807) is 12.7 Å². The fourth-order valence-electron chi connectivity index (χ4n) is 4.55. The summed E-state index contributed by atoms with van der Waals surface area (Å²) >= 11 is 0. The van der Waals surface area contributed by atoms with E-state index in [9.17, 15) is 0 Å². The lowest BCUT2D eigenvalue weighted by molar-refractivity contribution is 0.121. The molecule has 0 N–H and O–H groups in total. The first-order valence-electron chi connectivity index (χ1n) is 11.5. The third-order valence-corrected chi connectivity index (χ3v) is 6.35. The Bertz CT molecular complexity index is 744. The van der Waals surface area contributed by atoms with Crippen molar-refractivity contribution in [3.05, 3.63) is 42.5 Å². The number of ether oxygens (including phenoxy) is 1. The molecule has 7 nitrogen and oxygen atoms in total. The molecule has 0 saturated carbocycles. The summed E-state index contributed by atoms with van der Waals surface area (Å²) in [6.45, 7) is 13.9. The molecule has 4 rings (SSSR count). The Morgan fingerprint density at radius 2 is 1.80 bits per heavy atom. The number of rotatable bonds is 9. The SMILES string of the molecule is CC1CCCN(CCOc2ccccc2CN2CCN(CCn3cncn3)CC2)C1. The summed E-state index contributed by atoms with van der Waals surface area (Å²) in [5.74, 6) is 1.87. The highest BCUT2D eigenvalue weighted by molar-refractivity contribution is 5.33. The third kappa shape index (κ3) is 6.27. The van der Waals surface area contributed by atoms with E-state index in [1.807, 2.05) is 4.68 Å². The van der Waals surface area contributed by atoms with E-state index in [-0.39, 0.29) is 0 Å². The Morgan fingerprint density at radius 3 is 2.60 bits per heavy atom. The summed E-state index contributed by atoms with van der Waals surface area (Å²) < 4.78 is 8.13. The van der Waals surface area contributed by atoms with E-state index >= 15 is 0 Å². The first-order valence-corrected chi connectivity index (χ1v) is 11.5. The molecule has 1 atom stereocenters. The van der Waals surface area contributed by atoms with Crippen LogP contribution in [0.25, 0.3) is 0 Å². The molecule has 1 unspecified atom stereocenters. The number of piperazine rings is 1. The predicted octanol–water partition coefficient (Wildman–Crippen LogP) is 2.21. The standard InChI is InChI=1S/C23H36N6O/c1-21-5-4-8-27(17-21)15-16-30-23-7-3-2-6-22(23)18-28-11-9-26(10-12-28)13-14-29-20-24-19-25-29/h2-3,6-7,19-21H,4-5,8-18H2,1H3. The van der Waals surface area contributed by atoms with Gasteiger partial charge < -0.3 is 4.74 Å². The van der Waals surface area contributed by atoms with Gasteiger partial charge in [-0.2, -0.15) is 5.10 Å². The zero-order valence-electron chi connectivity index (χ0n) is 18.3. The van der Waals surface area contributed by atoms with Crippen molar-refractivity contribution in [2.24, 2.45) is 5.92 Å². The average Bonchev–Trinajstić information content (AvgIpc) is 3.28. The van der Waals surface area contributed by atoms with Crippen LogP contribution in [0.15, 0.2) is 36.9 Å². The second kappa shape index (κ2) is 10.9. The second-order valence-corrected chi connectivity index (χ2v) is 8.78. The average molecular weight is 413 g/mol. The van der Waals surface area contributed by atoms with Crippen molar-refractivity contribution < 1.29 is 4.74 Å². The van der Waals surface area contributed by atoms with E-state index in [0.717, 1.165) is 70.6 Å². The molecule has 0 spiro atoms. The lowest BCUT2D eigenvalue weighted by Crippen LogP contribution is -2.46. The van der Waals surface area contributed by atoms with Gasteiger partial charge in [-0.25, -0.2) is 4.98 Å². The number of nitrogens with zero attached hydrogens (tertiary/aromatic N) is 6. The molecule has 30 heavy (non-hydrogen) atoms. The van der Waals surface area contributed by atoms with Crippen LogP contribution < -0.4 is 4.74 Å². The Hall–Kier alpha value is -1.96. The predicted molar refractivity (Wildman–Crippen MR) is 119 cm³/mol. The van der Waals surface area contributed by atoms with Crippen molar-refractivity contribution in [3.8, 4) is 5.75 Å². The van der Waals surface area contributed by atoms with E-state index in [1.165, 1.54) is 31.5 Å². The van der Waals surface area contributed by atoms with Gasteiger partial charge in [0, 0.05) is 57.9 Å². The van der Waals surface area contributed by atoms with Gasteiger partial charge in [0.1, 0.15) is 25.0 Å². The van der Waals surface area contributed by atoms with Crippen LogP contribution in [0.2, 0.25) is 0 Å². The van der Waals surface area contributed by atoms with Crippen molar-refractivity contribution in [2.75, 3.05) is 59.0 Å². The minimum absolute atomic E-state index is 0.778. The first kappa shape index (κ1) is 21.3. The molecule has 0 amide bonds. The first-order chi connectivity index (χ1) is 14.8. The van der Waals surface area contributed by atoms with Gasteiger partial charge in [-0.3, -0.25) is 19.4 Å². The van der Waals surface area contributed by atoms with Crippen LogP contribution in [0.1, 0.15) is 25.3 Å². The van der Waals surface area contributed by atoms with Crippen molar-refractivity contribution in [1.29, 1.82) is 0 Å². The number of para-hydroxylation sites is 1. The lowest BCUT2D eigenvalue weighted by Gasteiger charge is -2.35. The fraction of sp³-hybridized carbons (Fsp3) is 0.652. The molecule has 2 aliphatic heterocycles. The van der Waals surface area contributed by atoms with Crippen LogP contribution in [0.3, 0.4) is 0 Å².